The van der Waals surface area contributed by atoms with Crippen molar-refractivity contribution in [1.29, 1.82) is 0 Å². The van der Waals surface area contributed by atoms with Gasteiger partial charge < -0.3 is 14.8 Å². The normalized spacial score (nSPS) is 24.0. The average Bonchev–Trinajstić information content (AvgIpc) is 2.69. The van der Waals surface area contributed by atoms with Gasteiger partial charge in [-0.25, -0.2) is 4.98 Å². The van der Waals surface area contributed by atoms with Crippen molar-refractivity contribution >= 4 is 11.6 Å². The van der Waals surface area contributed by atoms with E-state index in [-0.39, 0.29) is 29.0 Å². The molecule has 1 amide bonds. The largest absolute Gasteiger partial charge is 0.381 e. The van der Waals surface area contributed by atoms with Gasteiger partial charge in [0.25, 0.3) is 11.5 Å². The van der Waals surface area contributed by atoms with Gasteiger partial charge >= 0.3 is 0 Å². The lowest BCUT2D eigenvalue weighted by atomic mass is 9.79. The zero-order chi connectivity index (χ0) is 18.8. The Balaban J connectivity index is 1.57. The molecule has 144 valence electrons. The minimum atomic E-state index is -0.353. The molecule has 2 aromatic rings. The lowest BCUT2D eigenvalue weighted by Crippen LogP contribution is -2.50. The fourth-order valence-corrected chi connectivity index (χ4v) is 4.22. The van der Waals surface area contributed by atoms with Gasteiger partial charge in [-0.3, -0.25) is 14.0 Å². The van der Waals surface area contributed by atoms with Gasteiger partial charge in [0.05, 0.1) is 6.61 Å². The highest BCUT2D eigenvalue weighted by molar-refractivity contribution is 5.94. The third-order valence-corrected chi connectivity index (χ3v) is 5.76. The second-order valence-corrected chi connectivity index (χ2v) is 7.40. The molecule has 2 saturated heterocycles. The van der Waals surface area contributed by atoms with Gasteiger partial charge in [0.1, 0.15) is 11.2 Å². The molecule has 1 N–H and O–H groups in total. The maximum Gasteiger partial charge on any atom is 0.270 e. The highest BCUT2D eigenvalue weighted by Crippen LogP contribution is 2.30. The summed E-state index contributed by atoms with van der Waals surface area (Å²) in [7, 11) is 0. The van der Waals surface area contributed by atoms with Crippen molar-refractivity contribution in [3.63, 3.8) is 0 Å². The molecule has 0 bridgehead atoms. The van der Waals surface area contributed by atoms with Crippen LogP contribution in [0.3, 0.4) is 0 Å². The number of carbonyl (C=O) groups excluding carboxylic acids is 1. The summed E-state index contributed by atoms with van der Waals surface area (Å²) in [5.41, 5.74) is 1.05. The molecule has 0 spiro atoms. The number of aryl methyl sites for hydroxylation is 1. The van der Waals surface area contributed by atoms with Gasteiger partial charge in [-0.05, 0) is 44.2 Å². The Kier molecular flexibility index (Phi) is 5.22. The van der Waals surface area contributed by atoms with Crippen LogP contribution in [-0.4, -0.2) is 47.8 Å². The summed E-state index contributed by atoms with van der Waals surface area (Å²) in [5, 5.41) is 3.09. The molecule has 27 heavy (non-hydrogen) atoms. The van der Waals surface area contributed by atoms with Crippen LogP contribution >= 0.6 is 0 Å². The monoisotopic (exact) mass is 371 g/mol. The fourth-order valence-electron chi connectivity index (χ4n) is 4.22. The smallest absolute Gasteiger partial charge is 0.270 e. The van der Waals surface area contributed by atoms with E-state index in [1.54, 1.807) is 6.07 Å². The first kappa shape index (κ1) is 18.1. The fraction of sp³-hybridized carbons (Fsp3) is 0.550. The predicted molar refractivity (Wildman–Crippen MR) is 99.9 cm³/mol. The Morgan fingerprint density at radius 2 is 1.96 bits per heavy atom. The van der Waals surface area contributed by atoms with Gasteiger partial charge in [-0.1, -0.05) is 6.07 Å². The van der Waals surface area contributed by atoms with Crippen molar-refractivity contribution in [1.82, 2.24) is 14.7 Å². The Morgan fingerprint density at radius 1 is 1.19 bits per heavy atom. The van der Waals surface area contributed by atoms with Gasteiger partial charge in [0.15, 0.2) is 0 Å². The lowest BCUT2D eigenvalue weighted by molar-refractivity contribution is -0.0259. The first-order valence-corrected chi connectivity index (χ1v) is 9.59. The summed E-state index contributed by atoms with van der Waals surface area (Å²) < 4.78 is 12.6. The van der Waals surface area contributed by atoms with Gasteiger partial charge in [0, 0.05) is 43.7 Å². The molecule has 0 saturated carbocycles. The molecular formula is C20H25N3O4. The number of nitrogens with one attached hydrogen (secondary N) is 1. The molecule has 7 heteroatoms. The molecule has 2 aliphatic heterocycles. The van der Waals surface area contributed by atoms with Crippen LogP contribution in [-0.2, 0) is 9.47 Å². The molecule has 2 fully saturated rings. The van der Waals surface area contributed by atoms with Crippen molar-refractivity contribution in [3.05, 3.63) is 46.0 Å². The Bertz CT molecular complexity index is 888. The minimum absolute atomic E-state index is 0.00585. The van der Waals surface area contributed by atoms with Crippen LogP contribution in [0, 0.1) is 18.8 Å². The van der Waals surface area contributed by atoms with Crippen LogP contribution in [0.1, 0.15) is 35.3 Å². The van der Waals surface area contributed by atoms with Gasteiger partial charge in [-0.2, -0.15) is 0 Å². The van der Waals surface area contributed by atoms with Crippen LogP contribution in [0.4, 0.5) is 0 Å². The van der Waals surface area contributed by atoms with Crippen molar-refractivity contribution in [2.75, 3.05) is 26.4 Å². The van der Waals surface area contributed by atoms with Crippen molar-refractivity contribution < 1.29 is 14.3 Å². The quantitative estimate of drug-likeness (QED) is 0.886. The number of carbonyl (C=O) groups is 1. The van der Waals surface area contributed by atoms with E-state index in [0.29, 0.717) is 24.8 Å². The third kappa shape index (κ3) is 3.61. The van der Waals surface area contributed by atoms with Crippen LogP contribution in [0.5, 0.6) is 0 Å². The predicted octanol–water partition coefficient (Wildman–Crippen LogP) is 1.56. The number of aromatic nitrogens is 2. The highest BCUT2D eigenvalue weighted by Gasteiger charge is 2.34. The van der Waals surface area contributed by atoms with E-state index in [9.17, 15) is 9.59 Å². The summed E-state index contributed by atoms with van der Waals surface area (Å²) in [4.78, 5) is 30.0. The van der Waals surface area contributed by atoms with E-state index < -0.39 is 0 Å². The minimum Gasteiger partial charge on any atom is -0.381 e. The van der Waals surface area contributed by atoms with Crippen LogP contribution < -0.4 is 10.9 Å². The third-order valence-electron chi connectivity index (χ3n) is 5.76. The summed E-state index contributed by atoms with van der Waals surface area (Å²) in [6.45, 7) is 4.62. The van der Waals surface area contributed by atoms with E-state index in [4.69, 9.17) is 9.47 Å². The number of fused-ring (bicyclic) bond motifs is 1. The number of nitrogens with zero attached hydrogens (tertiary/aromatic N) is 2. The van der Waals surface area contributed by atoms with E-state index in [1.165, 1.54) is 10.6 Å². The Labute approximate surface area is 157 Å². The number of amides is 1. The molecule has 2 aliphatic rings. The van der Waals surface area contributed by atoms with E-state index in [0.717, 1.165) is 38.2 Å². The SMILES string of the molecule is Cc1cccc2ncc(C(=O)N[C@@H]3CCOC[C@@H]3C3CCOCC3)c(=O)n12. The molecule has 0 unspecified atom stereocenters. The maximum absolute atomic E-state index is 12.9. The number of pyridine rings is 1. The molecule has 4 rings (SSSR count). The number of ether oxygens (including phenoxy) is 2. The first-order chi connectivity index (χ1) is 13.1. The van der Waals surface area contributed by atoms with E-state index in [1.807, 2.05) is 19.1 Å². The van der Waals surface area contributed by atoms with Gasteiger partial charge in [-0.15, -0.1) is 0 Å². The summed E-state index contributed by atoms with van der Waals surface area (Å²) in [5.74, 6) is 0.376. The molecular weight excluding hydrogens is 346 g/mol. The second-order valence-electron chi connectivity index (χ2n) is 7.40. The van der Waals surface area contributed by atoms with E-state index >= 15 is 0 Å². The van der Waals surface area contributed by atoms with E-state index in [2.05, 4.69) is 10.3 Å². The Hall–Kier alpha value is -2.25. The molecule has 7 nitrogen and oxygen atoms in total. The first-order valence-electron chi connectivity index (χ1n) is 9.59. The Morgan fingerprint density at radius 3 is 2.78 bits per heavy atom. The summed E-state index contributed by atoms with van der Waals surface area (Å²) >= 11 is 0. The van der Waals surface area contributed by atoms with Crippen molar-refractivity contribution in [3.8, 4) is 0 Å². The molecule has 0 radical (unpaired) electrons. The zero-order valence-corrected chi connectivity index (χ0v) is 15.5. The molecule has 0 aromatic carbocycles. The highest BCUT2D eigenvalue weighted by atomic mass is 16.5. The molecule has 2 aromatic heterocycles. The maximum atomic E-state index is 12.9. The van der Waals surface area contributed by atoms with Crippen LogP contribution in [0.2, 0.25) is 0 Å². The number of hydrogen-bond donors (Lipinski definition) is 1. The second kappa shape index (κ2) is 7.78. The molecule has 4 heterocycles. The molecule has 2 atom stereocenters. The molecule has 0 aliphatic carbocycles. The van der Waals surface area contributed by atoms with Crippen LogP contribution in [0.25, 0.3) is 5.65 Å². The average molecular weight is 371 g/mol. The van der Waals surface area contributed by atoms with Gasteiger partial charge in [0.2, 0.25) is 0 Å². The number of hydrogen-bond acceptors (Lipinski definition) is 5. The van der Waals surface area contributed by atoms with Crippen molar-refractivity contribution in [2.45, 2.75) is 32.2 Å². The topological polar surface area (TPSA) is 81.9 Å². The van der Waals surface area contributed by atoms with Crippen molar-refractivity contribution in [2.24, 2.45) is 11.8 Å². The zero-order valence-electron chi connectivity index (χ0n) is 15.5. The standard InChI is InChI=1S/C20H25N3O4/c1-13-3-2-4-18-21-11-15(20(25)23(13)18)19(24)22-17-7-10-27-12-16(17)14-5-8-26-9-6-14/h2-4,11,14,16-17H,5-10,12H2,1H3,(H,22,24)/t16-,17-/m1/s1. The summed E-state index contributed by atoms with van der Waals surface area (Å²) in [6, 6.07) is 5.44. The summed E-state index contributed by atoms with van der Waals surface area (Å²) in [6.07, 6.45) is 4.11. The lowest BCUT2D eigenvalue weighted by Gasteiger charge is -2.38. The number of rotatable bonds is 3. The van der Waals surface area contributed by atoms with Crippen LogP contribution in [0.15, 0.2) is 29.2 Å².